The van der Waals surface area contributed by atoms with Crippen molar-refractivity contribution in [1.29, 1.82) is 0 Å². The summed E-state index contributed by atoms with van der Waals surface area (Å²) < 4.78 is 1.97. The van der Waals surface area contributed by atoms with Gasteiger partial charge in [-0.15, -0.1) is 0 Å². The van der Waals surface area contributed by atoms with Crippen LogP contribution in [0.15, 0.2) is 15.5 Å². The van der Waals surface area contributed by atoms with Crippen molar-refractivity contribution >= 4 is 21.6 Å². The summed E-state index contributed by atoms with van der Waals surface area (Å²) in [6, 6.07) is 0. The molecule has 0 spiro atoms. The molecule has 1 aliphatic rings. The highest BCUT2D eigenvalue weighted by Crippen LogP contribution is 2.22. The first-order valence-electron chi connectivity index (χ1n) is 6.32. The second kappa shape index (κ2) is 5.84. The van der Waals surface area contributed by atoms with Crippen LogP contribution in [0.2, 0.25) is 0 Å². The summed E-state index contributed by atoms with van der Waals surface area (Å²) in [6.07, 6.45) is 2.89. The van der Waals surface area contributed by atoms with Gasteiger partial charge >= 0.3 is 0 Å². The number of likely N-dealkylation sites (N-methyl/N-ethyl adjacent to an activating group) is 1. The quantitative estimate of drug-likeness (QED) is 0.819. The SMILES string of the molecule is CCN1CCCN(c2cnn(C)c(=O)c2Br)CC1. The van der Waals surface area contributed by atoms with E-state index in [-0.39, 0.29) is 5.56 Å². The molecule has 0 bridgehead atoms. The maximum absolute atomic E-state index is 11.9. The second-order valence-electron chi connectivity index (χ2n) is 4.55. The van der Waals surface area contributed by atoms with Crippen LogP contribution in [0.5, 0.6) is 0 Å². The van der Waals surface area contributed by atoms with Crippen molar-refractivity contribution in [2.24, 2.45) is 7.05 Å². The molecule has 1 fully saturated rings. The highest BCUT2D eigenvalue weighted by atomic mass is 79.9. The van der Waals surface area contributed by atoms with Gasteiger partial charge in [-0.1, -0.05) is 6.92 Å². The van der Waals surface area contributed by atoms with Gasteiger partial charge in [0.05, 0.1) is 11.9 Å². The number of rotatable bonds is 2. The van der Waals surface area contributed by atoms with E-state index in [0.717, 1.165) is 44.8 Å². The van der Waals surface area contributed by atoms with Gasteiger partial charge < -0.3 is 9.80 Å². The van der Waals surface area contributed by atoms with Crippen molar-refractivity contribution in [2.45, 2.75) is 13.3 Å². The average Bonchev–Trinajstić information content (AvgIpc) is 2.61. The van der Waals surface area contributed by atoms with E-state index in [9.17, 15) is 4.79 Å². The smallest absolute Gasteiger partial charge is 0.282 e. The summed E-state index contributed by atoms with van der Waals surface area (Å²) in [5.41, 5.74) is 0.833. The van der Waals surface area contributed by atoms with Crippen LogP contribution in [-0.2, 0) is 7.05 Å². The zero-order chi connectivity index (χ0) is 13.1. The van der Waals surface area contributed by atoms with E-state index in [1.165, 1.54) is 4.68 Å². The Morgan fingerprint density at radius 1 is 1.33 bits per heavy atom. The minimum absolute atomic E-state index is 0.0795. The van der Waals surface area contributed by atoms with Gasteiger partial charge in [0.2, 0.25) is 0 Å². The van der Waals surface area contributed by atoms with Gasteiger partial charge in [-0.05, 0) is 35.4 Å². The Morgan fingerprint density at radius 2 is 2.11 bits per heavy atom. The Hall–Kier alpha value is -0.880. The highest BCUT2D eigenvalue weighted by molar-refractivity contribution is 9.10. The van der Waals surface area contributed by atoms with Crippen LogP contribution in [0.1, 0.15) is 13.3 Å². The largest absolute Gasteiger partial charge is 0.368 e. The number of hydrogen-bond acceptors (Lipinski definition) is 4. The molecule has 1 aliphatic heterocycles. The fourth-order valence-corrected chi connectivity index (χ4v) is 2.86. The zero-order valence-corrected chi connectivity index (χ0v) is 12.5. The standard InChI is InChI=1S/C12H19BrN4O/c1-3-16-5-4-6-17(8-7-16)10-9-14-15(2)12(18)11(10)13/h9H,3-8H2,1-2H3. The number of aryl methyl sites for hydroxylation is 1. The molecular formula is C12H19BrN4O. The van der Waals surface area contributed by atoms with Gasteiger partial charge in [-0.2, -0.15) is 5.10 Å². The van der Waals surface area contributed by atoms with Crippen LogP contribution in [0, 0.1) is 0 Å². The predicted octanol–water partition coefficient (Wildman–Crippen LogP) is 1.07. The fraction of sp³-hybridized carbons (Fsp3) is 0.667. The lowest BCUT2D eigenvalue weighted by atomic mass is 10.3. The summed E-state index contributed by atoms with van der Waals surface area (Å²) in [6.45, 7) is 7.36. The predicted molar refractivity (Wildman–Crippen MR) is 76.1 cm³/mol. The summed E-state index contributed by atoms with van der Waals surface area (Å²) >= 11 is 3.40. The molecule has 0 aliphatic carbocycles. The first-order valence-corrected chi connectivity index (χ1v) is 7.12. The number of nitrogens with zero attached hydrogens (tertiary/aromatic N) is 4. The molecule has 0 radical (unpaired) electrons. The van der Waals surface area contributed by atoms with E-state index < -0.39 is 0 Å². The molecule has 2 heterocycles. The molecule has 0 N–H and O–H groups in total. The lowest BCUT2D eigenvalue weighted by Crippen LogP contribution is -2.32. The molecule has 0 saturated carbocycles. The third-order valence-electron chi connectivity index (χ3n) is 3.44. The molecule has 1 aromatic rings. The monoisotopic (exact) mass is 314 g/mol. The number of halogens is 1. The molecule has 2 rings (SSSR count). The van der Waals surface area contributed by atoms with Gasteiger partial charge in [0.1, 0.15) is 4.47 Å². The minimum Gasteiger partial charge on any atom is -0.368 e. The normalized spacial score (nSPS) is 17.8. The van der Waals surface area contributed by atoms with Gasteiger partial charge in [0.25, 0.3) is 5.56 Å². The Labute approximate surface area is 116 Å². The zero-order valence-electron chi connectivity index (χ0n) is 10.9. The van der Waals surface area contributed by atoms with Crippen molar-refractivity contribution in [3.63, 3.8) is 0 Å². The molecule has 1 aromatic heterocycles. The van der Waals surface area contributed by atoms with Crippen LogP contribution < -0.4 is 10.5 Å². The molecule has 6 heteroatoms. The van der Waals surface area contributed by atoms with E-state index in [2.05, 4.69) is 37.8 Å². The third kappa shape index (κ3) is 2.75. The number of hydrogen-bond donors (Lipinski definition) is 0. The Morgan fingerprint density at radius 3 is 2.83 bits per heavy atom. The lowest BCUT2D eigenvalue weighted by molar-refractivity contribution is 0.310. The maximum atomic E-state index is 11.9. The molecule has 1 saturated heterocycles. The molecule has 0 unspecified atom stereocenters. The van der Waals surface area contributed by atoms with Crippen LogP contribution in [0.3, 0.4) is 0 Å². The second-order valence-corrected chi connectivity index (χ2v) is 5.34. The summed E-state index contributed by atoms with van der Waals surface area (Å²) in [4.78, 5) is 16.5. The Bertz CT molecular complexity index is 474. The fourth-order valence-electron chi connectivity index (χ4n) is 2.25. The van der Waals surface area contributed by atoms with Gasteiger partial charge in [-0.25, -0.2) is 4.68 Å². The first-order chi connectivity index (χ1) is 8.63. The van der Waals surface area contributed by atoms with E-state index >= 15 is 0 Å². The molecular weight excluding hydrogens is 296 g/mol. The summed E-state index contributed by atoms with van der Waals surface area (Å²) in [7, 11) is 1.66. The average molecular weight is 315 g/mol. The molecule has 0 atom stereocenters. The van der Waals surface area contributed by atoms with Crippen LogP contribution in [0.25, 0.3) is 0 Å². The van der Waals surface area contributed by atoms with Crippen molar-refractivity contribution in [3.05, 3.63) is 21.0 Å². The van der Waals surface area contributed by atoms with Gasteiger partial charge in [0, 0.05) is 26.7 Å². The van der Waals surface area contributed by atoms with Crippen LogP contribution in [-0.4, -0.2) is 47.4 Å². The van der Waals surface area contributed by atoms with E-state index in [0.29, 0.717) is 4.47 Å². The van der Waals surface area contributed by atoms with Crippen molar-refractivity contribution in [1.82, 2.24) is 14.7 Å². The summed E-state index contributed by atoms with van der Waals surface area (Å²) in [5.74, 6) is 0. The molecule has 5 nitrogen and oxygen atoms in total. The van der Waals surface area contributed by atoms with Crippen molar-refractivity contribution < 1.29 is 0 Å². The molecule has 0 aromatic carbocycles. The van der Waals surface area contributed by atoms with Crippen molar-refractivity contribution in [2.75, 3.05) is 37.6 Å². The molecule has 100 valence electrons. The van der Waals surface area contributed by atoms with Gasteiger partial charge in [0.15, 0.2) is 0 Å². The highest BCUT2D eigenvalue weighted by Gasteiger charge is 2.18. The third-order valence-corrected chi connectivity index (χ3v) is 4.18. The minimum atomic E-state index is -0.0795. The van der Waals surface area contributed by atoms with Crippen molar-refractivity contribution in [3.8, 4) is 0 Å². The number of anilines is 1. The summed E-state index contributed by atoms with van der Waals surface area (Å²) in [5, 5.41) is 4.10. The topological polar surface area (TPSA) is 41.4 Å². The van der Waals surface area contributed by atoms with E-state index in [4.69, 9.17) is 0 Å². The lowest BCUT2D eigenvalue weighted by Gasteiger charge is -2.23. The van der Waals surface area contributed by atoms with E-state index in [1.807, 2.05) is 0 Å². The van der Waals surface area contributed by atoms with Gasteiger partial charge in [-0.3, -0.25) is 4.79 Å². The molecule has 18 heavy (non-hydrogen) atoms. The van der Waals surface area contributed by atoms with Crippen LogP contribution >= 0.6 is 15.9 Å². The van der Waals surface area contributed by atoms with E-state index in [1.54, 1.807) is 13.2 Å². The van der Waals surface area contributed by atoms with Crippen LogP contribution in [0.4, 0.5) is 5.69 Å². The first kappa shape index (κ1) is 13.5. The number of aromatic nitrogens is 2. The Balaban J connectivity index is 2.22. The Kier molecular flexibility index (Phi) is 4.40. The maximum Gasteiger partial charge on any atom is 0.282 e. The molecule has 0 amide bonds.